The van der Waals surface area contributed by atoms with Gasteiger partial charge in [-0.05, 0) is 66.9 Å². The van der Waals surface area contributed by atoms with Gasteiger partial charge in [-0.1, -0.05) is 52.0 Å². The number of hydrogen-bond donors (Lipinski definition) is 1. The first-order valence-electron chi connectivity index (χ1n) is 12.0. The molecule has 0 saturated carbocycles. The summed E-state index contributed by atoms with van der Waals surface area (Å²) in [7, 11) is 0. The van der Waals surface area contributed by atoms with Gasteiger partial charge in [0.15, 0.2) is 0 Å². The van der Waals surface area contributed by atoms with E-state index in [1.807, 2.05) is 45.9 Å². The molecule has 6 heteroatoms. The van der Waals surface area contributed by atoms with Crippen molar-refractivity contribution < 1.29 is 13.9 Å². The number of fused-ring (bicyclic) bond motifs is 1. The fraction of sp³-hybridized carbons (Fsp3) is 0.310. The van der Waals surface area contributed by atoms with Gasteiger partial charge in [0.05, 0.1) is 23.4 Å². The lowest BCUT2D eigenvalue weighted by Crippen LogP contribution is -2.44. The zero-order valence-corrected chi connectivity index (χ0v) is 20.9. The van der Waals surface area contributed by atoms with Crippen LogP contribution in [0, 0.1) is 11.2 Å². The molecule has 0 aliphatic carbocycles. The van der Waals surface area contributed by atoms with Crippen molar-refractivity contribution >= 4 is 16.8 Å². The standard InChI is InChI=1S/C29H32FN3O2/c1-6-20-7-9-21(10-8-20)27(19(2)32-28(34)29(3,4)5)35-25-15-16-26-22(17-25)18-31-33(26)24-13-11-23(30)12-14-24/h7-19,27H,6H2,1-5H3,(H,32,34)/t19-,27-/m0/s1. The maximum absolute atomic E-state index is 13.3. The van der Waals surface area contributed by atoms with Crippen molar-refractivity contribution in [3.8, 4) is 11.4 Å². The van der Waals surface area contributed by atoms with Crippen molar-refractivity contribution in [3.63, 3.8) is 0 Å². The minimum absolute atomic E-state index is 0.0280. The first-order valence-corrected chi connectivity index (χ1v) is 12.0. The lowest BCUT2D eigenvalue weighted by Gasteiger charge is -2.29. The van der Waals surface area contributed by atoms with Crippen molar-refractivity contribution in [2.75, 3.05) is 0 Å². The predicted molar refractivity (Wildman–Crippen MR) is 137 cm³/mol. The van der Waals surface area contributed by atoms with E-state index >= 15 is 0 Å². The second-order valence-electron chi connectivity index (χ2n) is 9.90. The molecule has 0 aliphatic heterocycles. The summed E-state index contributed by atoms with van der Waals surface area (Å²) in [5, 5.41) is 8.50. The fourth-order valence-corrected chi connectivity index (χ4v) is 3.92. The third-order valence-electron chi connectivity index (χ3n) is 6.08. The molecule has 0 spiro atoms. The van der Waals surface area contributed by atoms with Crippen molar-refractivity contribution in [1.29, 1.82) is 0 Å². The number of aromatic nitrogens is 2. The summed E-state index contributed by atoms with van der Waals surface area (Å²) in [6.07, 6.45) is 2.34. The molecule has 1 amide bonds. The van der Waals surface area contributed by atoms with Crippen LogP contribution in [0.4, 0.5) is 4.39 Å². The van der Waals surface area contributed by atoms with E-state index in [0.717, 1.165) is 28.6 Å². The number of rotatable bonds is 7. The second kappa shape index (κ2) is 9.90. The molecule has 1 aromatic heterocycles. The van der Waals surface area contributed by atoms with Gasteiger partial charge in [-0.15, -0.1) is 0 Å². The number of benzene rings is 3. The Labute approximate surface area is 205 Å². The number of nitrogens with one attached hydrogen (secondary N) is 1. The van der Waals surface area contributed by atoms with Crippen LogP contribution in [-0.4, -0.2) is 21.7 Å². The van der Waals surface area contributed by atoms with Gasteiger partial charge < -0.3 is 10.1 Å². The molecular formula is C29H32FN3O2. The number of ether oxygens (including phenoxy) is 1. The Kier molecular flexibility index (Phi) is 6.92. The number of carbonyl (C=O) groups is 1. The second-order valence-corrected chi connectivity index (χ2v) is 9.90. The van der Waals surface area contributed by atoms with E-state index in [9.17, 15) is 9.18 Å². The molecule has 5 nitrogen and oxygen atoms in total. The molecule has 0 fully saturated rings. The molecule has 1 heterocycles. The third kappa shape index (κ3) is 5.53. The molecule has 0 saturated heterocycles. The Morgan fingerprint density at radius 2 is 1.74 bits per heavy atom. The number of halogens is 1. The monoisotopic (exact) mass is 473 g/mol. The van der Waals surface area contributed by atoms with Gasteiger partial charge in [-0.2, -0.15) is 5.10 Å². The maximum atomic E-state index is 13.3. The minimum Gasteiger partial charge on any atom is -0.484 e. The van der Waals surface area contributed by atoms with Crippen molar-refractivity contribution in [1.82, 2.24) is 15.1 Å². The van der Waals surface area contributed by atoms with E-state index in [4.69, 9.17) is 4.74 Å². The Bertz CT molecular complexity index is 1300. The quantitative estimate of drug-likeness (QED) is 0.338. The highest BCUT2D eigenvalue weighted by molar-refractivity contribution is 5.82. The topological polar surface area (TPSA) is 56.1 Å². The van der Waals surface area contributed by atoms with Crippen molar-refractivity contribution in [3.05, 3.63) is 89.9 Å². The van der Waals surface area contributed by atoms with Crippen LogP contribution in [0.25, 0.3) is 16.6 Å². The van der Waals surface area contributed by atoms with Crippen LogP contribution in [0.1, 0.15) is 51.8 Å². The predicted octanol–water partition coefficient (Wildman–Crippen LogP) is 6.40. The van der Waals surface area contributed by atoms with Gasteiger partial charge in [0.25, 0.3) is 0 Å². The summed E-state index contributed by atoms with van der Waals surface area (Å²) in [6, 6.07) is 20.1. The highest BCUT2D eigenvalue weighted by Crippen LogP contribution is 2.30. The van der Waals surface area contributed by atoms with E-state index < -0.39 is 5.41 Å². The summed E-state index contributed by atoms with van der Waals surface area (Å²) >= 11 is 0. The van der Waals surface area contributed by atoms with Gasteiger partial charge >= 0.3 is 0 Å². The minimum atomic E-state index is -0.501. The number of aryl methyl sites for hydroxylation is 1. The first kappa shape index (κ1) is 24.5. The molecule has 1 N–H and O–H groups in total. The average Bonchev–Trinajstić information content (AvgIpc) is 3.25. The summed E-state index contributed by atoms with van der Waals surface area (Å²) in [5.74, 6) is 0.365. The van der Waals surface area contributed by atoms with Gasteiger partial charge in [0, 0.05) is 10.8 Å². The Morgan fingerprint density at radius 1 is 1.06 bits per heavy atom. The van der Waals surface area contributed by atoms with Gasteiger partial charge in [-0.3, -0.25) is 4.79 Å². The summed E-state index contributed by atoms with van der Waals surface area (Å²) in [5.41, 5.74) is 3.41. The van der Waals surface area contributed by atoms with Crippen LogP contribution in [0.5, 0.6) is 5.75 Å². The Morgan fingerprint density at radius 3 is 2.37 bits per heavy atom. The largest absolute Gasteiger partial charge is 0.484 e. The molecular weight excluding hydrogens is 441 g/mol. The van der Waals surface area contributed by atoms with Gasteiger partial charge in [-0.25, -0.2) is 9.07 Å². The SMILES string of the molecule is CCc1ccc([C@@H](Oc2ccc3c(cnn3-c3ccc(F)cc3)c2)[C@H](C)NC(=O)C(C)(C)C)cc1. The van der Waals surface area contributed by atoms with E-state index in [2.05, 4.69) is 41.6 Å². The number of carbonyl (C=O) groups excluding carboxylic acids is 1. The van der Waals surface area contributed by atoms with E-state index in [1.54, 1.807) is 23.0 Å². The van der Waals surface area contributed by atoms with E-state index in [0.29, 0.717) is 5.75 Å². The van der Waals surface area contributed by atoms with Crippen LogP contribution in [-0.2, 0) is 11.2 Å². The Hall–Kier alpha value is -3.67. The molecule has 2 atom stereocenters. The molecule has 4 aromatic rings. The molecule has 0 unspecified atom stereocenters. The molecule has 35 heavy (non-hydrogen) atoms. The summed E-state index contributed by atoms with van der Waals surface area (Å²) in [6.45, 7) is 9.78. The summed E-state index contributed by atoms with van der Waals surface area (Å²) in [4.78, 5) is 12.7. The lowest BCUT2D eigenvalue weighted by molar-refractivity contribution is -0.129. The number of nitrogens with zero attached hydrogens (tertiary/aromatic N) is 2. The third-order valence-corrected chi connectivity index (χ3v) is 6.08. The highest BCUT2D eigenvalue weighted by Gasteiger charge is 2.28. The average molecular weight is 474 g/mol. The van der Waals surface area contributed by atoms with Crippen molar-refractivity contribution in [2.45, 2.75) is 53.2 Å². The molecule has 4 rings (SSSR count). The van der Waals surface area contributed by atoms with Crippen LogP contribution < -0.4 is 10.1 Å². The molecule has 3 aromatic carbocycles. The first-order chi connectivity index (χ1) is 16.7. The van der Waals surface area contributed by atoms with Crippen LogP contribution in [0.3, 0.4) is 0 Å². The van der Waals surface area contributed by atoms with E-state index in [1.165, 1.54) is 17.7 Å². The highest BCUT2D eigenvalue weighted by atomic mass is 19.1. The van der Waals surface area contributed by atoms with Gasteiger partial charge in [0.2, 0.25) is 5.91 Å². The molecule has 0 radical (unpaired) electrons. The Balaban J connectivity index is 1.64. The van der Waals surface area contributed by atoms with Crippen LogP contribution >= 0.6 is 0 Å². The molecule has 182 valence electrons. The summed E-state index contributed by atoms with van der Waals surface area (Å²) < 4.78 is 21.6. The molecule has 0 bridgehead atoms. The zero-order chi connectivity index (χ0) is 25.2. The zero-order valence-electron chi connectivity index (χ0n) is 20.9. The van der Waals surface area contributed by atoms with Crippen molar-refractivity contribution in [2.24, 2.45) is 5.41 Å². The molecule has 0 aliphatic rings. The normalized spacial score (nSPS) is 13.4. The fourth-order valence-electron chi connectivity index (χ4n) is 3.92. The number of hydrogen-bond acceptors (Lipinski definition) is 3. The number of amides is 1. The van der Waals surface area contributed by atoms with Crippen LogP contribution in [0.15, 0.2) is 72.9 Å². The lowest BCUT2D eigenvalue weighted by atomic mass is 9.94. The maximum Gasteiger partial charge on any atom is 0.225 e. The van der Waals surface area contributed by atoms with E-state index in [-0.39, 0.29) is 23.9 Å². The smallest absolute Gasteiger partial charge is 0.225 e. The van der Waals surface area contributed by atoms with Gasteiger partial charge in [0.1, 0.15) is 17.7 Å². The van der Waals surface area contributed by atoms with Crippen LogP contribution in [0.2, 0.25) is 0 Å².